The fraction of sp³-hybridized carbons (Fsp3) is 0.154. The van der Waals surface area contributed by atoms with Crippen LogP contribution in [-0.2, 0) is 6.54 Å². The molecule has 0 radical (unpaired) electrons. The van der Waals surface area contributed by atoms with Gasteiger partial charge in [-0.2, -0.15) is 0 Å². The second-order valence-electron chi connectivity index (χ2n) is 7.31. The number of nitrogens with two attached hydrogens (primary N) is 1. The molecule has 0 saturated carbocycles. The summed E-state index contributed by atoms with van der Waals surface area (Å²) in [5.41, 5.74) is 13.4. The van der Waals surface area contributed by atoms with Gasteiger partial charge in [0, 0.05) is 6.54 Å². The van der Waals surface area contributed by atoms with Crippen LogP contribution in [0.2, 0.25) is 0 Å². The second kappa shape index (κ2) is 8.18. The van der Waals surface area contributed by atoms with E-state index in [-0.39, 0.29) is 0 Å². The van der Waals surface area contributed by atoms with Gasteiger partial charge in [-0.1, -0.05) is 85.0 Å². The van der Waals surface area contributed by atoms with E-state index in [1.54, 1.807) is 0 Å². The predicted octanol–water partition coefficient (Wildman–Crippen LogP) is 6.14. The van der Waals surface area contributed by atoms with Crippen LogP contribution in [0.1, 0.15) is 17.5 Å². The molecular weight excluding hydrogens is 340 g/mol. The van der Waals surface area contributed by atoms with E-state index in [0.29, 0.717) is 6.04 Å². The molecule has 0 fully saturated rings. The number of hydrogen-bond acceptors (Lipinski definition) is 2. The molecule has 1 unspecified atom stereocenters. The van der Waals surface area contributed by atoms with Crippen LogP contribution in [0.4, 0.5) is 11.4 Å². The zero-order chi connectivity index (χ0) is 19.3. The SMILES string of the molecule is Cc1ccccc1-c1ccc(CN(c2ccccc2N)C2C=CC=CC2)cc1. The third kappa shape index (κ3) is 3.86. The number of rotatable bonds is 5. The van der Waals surface area contributed by atoms with E-state index in [2.05, 4.69) is 96.8 Å². The summed E-state index contributed by atoms with van der Waals surface area (Å²) in [6.07, 6.45) is 9.71. The molecule has 0 aromatic heterocycles. The van der Waals surface area contributed by atoms with E-state index in [9.17, 15) is 0 Å². The van der Waals surface area contributed by atoms with Crippen molar-refractivity contribution in [2.45, 2.75) is 25.9 Å². The molecule has 0 saturated heterocycles. The minimum atomic E-state index is 0.311. The van der Waals surface area contributed by atoms with Gasteiger partial charge in [0.2, 0.25) is 0 Å². The lowest BCUT2D eigenvalue weighted by molar-refractivity contribution is 0.686. The van der Waals surface area contributed by atoms with Gasteiger partial charge in [-0.15, -0.1) is 0 Å². The zero-order valence-electron chi connectivity index (χ0n) is 16.3. The molecular formula is C26H26N2. The minimum absolute atomic E-state index is 0.311. The molecule has 3 aromatic carbocycles. The van der Waals surface area contributed by atoms with Crippen LogP contribution in [0, 0.1) is 6.92 Å². The molecule has 0 amide bonds. The zero-order valence-corrected chi connectivity index (χ0v) is 16.3. The Hall–Kier alpha value is -3.26. The first-order chi connectivity index (χ1) is 13.7. The number of nitrogens with zero attached hydrogens (tertiary/aromatic N) is 1. The summed E-state index contributed by atoms with van der Waals surface area (Å²) < 4.78 is 0. The number of para-hydroxylation sites is 2. The maximum atomic E-state index is 6.31. The van der Waals surface area contributed by atoms with Gasteiger partial charge in [0.05, 0.1) is 17.4 Å². The number of benzene rings is 3. The number of anilines is 2. The van der Waals surface area contributed by atoms with Gasteiger partial charge < -0.3 is 10.6 Å². The van der Waals surface area contributed by atoms with Gasteiger partial charge in [-0.25, -0.2) is 0 Å². The van der Waals surface area contributed by atoms with Crippen molar-refractivity contribution in [2.24, 2.45) is 0 Å². The first kappa shape index (κ1) is 18.1. The van der Waals surface area contributed by atoms with Gasteiger partial charge >= 0.3 is 0 Å². The monoisotopic (exact) mass is 366 g/mol. The summed E-state index contributed by atoms with van der Waals surface area (Å²) in [5.74, 6) is 0. The van der Waals surface area contributed by atoms with E-state index in [1.165, 1.54) is 22.3 Å². The van der Waals surface area contributed by atoms with Crippen LogP contribution in [0.25, 0.3) is 11.1 Å². The molecule has 1 atom stereocenters. The quantitative estimate of drug-likeness (QED) is 0.550. The number of hydrogen-bond donors (Lipinski definition) is 1. The molecule has 0 bridgehead atoms. The van der Waals surface area contributed by atoms with Crippen LogP contribution in [0.5, 0.6) is 0 Å². The molecule has 2 heteroatoms. The summed E-state index contributed by atoms with van der Waals surface area (Å²) in [5, 5.41) is 0. The Morgan fingerprint density at radius 3 is 2.36 bits per heavy atom. The van der Waals surface area contributed by atoms with E-state index in [1.807, 2.05) is 12.1 Å². The largest absolute Gasteiger partial charge is 0.397 e. The first-order valence-electron chi connectivity index (χ1n) is 9.82. The summed E-state index contributed by atoms with van der Waals surface area (Å²) in [6.45, 7) is 2.98. The molecule has 28 heavy (non-hydrogen) atoms. The van der Waals surface area contributed by atoms with Crippen molar-refractivity contribution in [2.75, 3.05) is 10.6 Å². The number of nitrogen functional groups attached to an aromatic ring is 1. The average molecular weight is 367 g/mol. The maximum Gasteiger partial charge on any atom is 0.0608 e. The summed E-state index contributed by atoms with van der Waals surface area (Å²) >= 11 is 0. The third-order valence-electron chi connectivity index (χ3n) is 5.37. The highest BCUT2D eigenvalue weighted by Crippen LogP contribution is 2.30. The van der Waals surface area contributed by atoms with Gasteiger partial charge in [-0.3, -0.25) is 0 Å². The molecule has 0 aliphatic heterocycles. The van der Waals surface area contributed by atoms with Crippen molar-refractivity contribution in [3.8, 4) is 11.1 Å². The summed E-state index contributed by atoms with van der Waals surface area (Å²) in [4.78, 5) is 2.40. The minimum Gasteiger partial charge on any atom is -0.397 e. The maximum absolute atomic E-state index is 6.31. The van der Waals surface area contributed by atoms with Crippen molar-refractivity contribution in [1.82, 2.24) is 0 Å². The molecule has 0 spiro atoms. The van der Waals surface area contributed by atoms with Crippen LogP contribution in [-0.4, -0.2) is 6.04 Å². The molecule has 1 aliphatic carbocycles. The Balaban J connectivity index is 1.62. The van der Waals surface area contributed by atoms with Crippen molar-refractivity contribution in [1.29, 1.82) is 0 Å². The Morgan fingerprint density at radius 2 is 1.64 bits per heavy atom. The van der Waals surface area contributed by atoms with Gasteiger partial charge in [0.15, 0.2) is 0 Å². The van der Waals surface area contributed by atoms with Crippen molar-refractivity contribution in [3.05, 3.63) is 108 Å². The van der Waals surface area contributed by atoms with Gasteiger partial charge in [0.1, 0.15) is 0 Å². The van der Waals surface area contributed by atoms with E-state index in [0.717, 1.165) is 24.3 Å². The van der Waals surface area contributed by atoms with Crippen molar-refractivity contribution >= 4 is 11.4 Å². The normalized spacial score (nSPS) is 15.5. The first-order valence-corrected chi connectivity index (χ1v) is 9.82. The average Bonchev–Trinajstić information content (AvgIpc) is 2.74. The van der Waals surface area contributed by atoms with Crippen LogP contribution in [0.3, 0.4) is 0 Å². The highest BCUT2D eigenvalue weighted by atomic mass is 15.2. The standard InChI is InChI=1S/C26H26N2/c1-20-9-5-6-12-24(20)22-17-15-21(16-18-22)19-28(23-10-3-2-4-11-23)26-14-8-7-13-25(26)27/h2-10,12-18,23H,11,19,27H2,1H3. The topological polar surface area (TPSA) is 29.3 Å². The van der Waals surface area contributed by atoms with E-state index in [4.69, 9.17) is 5.73 Å². The van der Waals surface area contributed by atoms with Crippen LogP contribution in [0.15, 0.2) is 97.1 Å². The van der Waals surface area contributed by atoms with Gasteiger partial charge in [0.25, 0.3) is 0 Å². The third-order valence-corrected chi connectivity index (χ3v) is 5.37. The van der Waals surface area contributed by atoms with Crippen molar-refractivity contribution in [3.63, 3.8) is 0 Å². The summed E-state index contributed by atoms with van der Waals surface area (Å²) in [6, 6.07) is 25.9. The van der Waals surface area contributed by atoms with Crippen LogP contribution >= 0.6 is 0 Å². The highest BCUT2D eigenvalue weighted by Gasteiger charge is 2.19. The van der Waals surface area contributed by atoms with Gasteiger partial charge in [-0.05, 0) is 47.7 Å². The highest BCUT2D eigenvalue weighted by molar-refractivity contribution is 5.69. The number of allylic oxidation sites excluding steroid dienone is 2. The Morgan fingerprint density at radius 1 is 0.893 bits per heavy atom. The van der Waals surface area contributed by atoms with Crippen molar-refractivity contribution < 1.29 is 0 Å². The lowest BCUT2D eigenvalue weighted by Gasteiger charge is -2.33. The smallest absolute Gasteiger partial charge is 0.0608 e. The Bertz CT molecular complexity index is 999. The molecule has 2 N–H and O–H groups in total. The molecule has 2 nitrogen and oxygen atoms in total. The molecule has 0 heterocycles. The summed E-state index contributed by atoms with van der Waals surface area (Å²) in [7, 11) is 0. The lowest BCUT2D eigenvalue weighted by Crippen LogP contribution is -2.34. The Kier molecular flexibility index (Phi) is 5.29. The molecule has 4 rings (SSSR count). The lowest BCUT2D eigenvalue weighted by atomic mass is 9.99. The molecule has 1 aliphatic rings. The van der Waals surface area contributed by atoms with E-state index < -0.39 is 0 Å². The number of aryl methyl sites for hydroxylation is 1. The second-order valence-corrected chi connectivity index (χ2v) is 7.31. The molecule has 140 valence electrons. The molecule has 3 aromatic rings. The van der Waals surface area contributed by atoms with E-state index >= 15 is 0 Å². The fourth-order valence-corrected chi connectivity index (χ4v) is 3.81. The fourth-order valence-electron chi connectivity index (χ4n) is 3.81. The van der Waals surface area contributed by atoms with Crippen LogP contribution < -0.4 is 10.6 Å². The predicted molar refractivity (Wildman–Crippen MR) is 120 cm³/mol. The Labute approximate surface area is 167 Å².